The highest BCUT2D eigenvalue weighted by Gasteiger charge is 2.44. The van der Waals surface area contributed by atoms with E-state index >= 15 is 0 Å². The zero-order valence-corrected chi connectivity index (χ0v) is 15.5. The van der Waals surface area contributed by atoms with Crippen LogP contribution in [0.5, 0.6) is 0 Å². The van der Waals surface area contributed by atoms with Crippen molar-refractivity contribution >= 4 is 5.91 Å². The molecule has 1 N–H and O–H groups in total. The minimum Gasteiger partial charge on any atom is -0.385 e. The molecule has 2 unspecified atom stereocenters. The summed E-state index contributed by atoms with van der Waals surface area (Å²) in [5, 5.41) is 10.7. The number of aliphatic hydroxyl groups is 1. The molecule has 1 aromatic heterocycles. The second-order valence-electron chi connectivity index (χ2n) is 7.72. The highest BCUT2D eigenvalue weighted by molar-refractivity contribution is 5.83. The van der Waals surface area contributed by atoms with E-state index in [0.717, 1.165) is 51.5 Å². The highest BCUT2D eigenvalue weighted by Crippen LogP contribution is 2.43. The molecule has 6 heteroatoms. The Morgan fingerprint density at radius 1 is 1.44 bits per heavy atom. The molecule has 1 amide bonds. The van der Waals surface area contributed by atoms with Crippen LogP contribution >= 0.6 is 0 Å². The Morgan fingerprint density at radius 2 is 2.20 bits per heavy atom. The average molecular weight is 349 g/mol. The van der Waals surface area contributed by atoms with Gasteiger partial charge in [0, 0.05) is 52.2 Å². The van der Waals surface area contributed by atoms with E-state index in [0.29, 0.717) is 19.0 Å². The van der Waals surface area contributed by atoms with E-state index in [1.807, 2.05) is 22.7 Å². The molecule has 6 nitrogen and oxygen atoms in total. The summed E-state index contributed by atoms with van der Waals surface area (Å²) in [4.78, 5) is 19.6. The quantitative estimate of drug-likeness (QED) is 0.856. The fourth-order valence-electron chi connectivity index (χ4n) is 4.58. The standard InChI is InChI=1S/C19H31N3O3/c1-21-12-10-20-17(21)16(23)15-6-5-11-22(14-15)18(24)19(9-13-25-2)7-3-4-8-19/h10,12,15-16,23H,3-9,11,13-14H2,1-2H3. The van der Waals surface area contributed by atoms with E-state index in [2.05, 4.69) is 4.98 Å². The molecule has 0 radical (unpaired) electrons. The number of amides is 1. The number of methoxy groups -OCH3 is 1. The number of aliphatic hydroxyl groups excluding tert-OH is 1. The topological polar surface area (TPSA) is 67.6 Å². The number of carbonyl (C=O) groups is 1. The van der Waals surface area contributed by atoms with Crippen molar-refractivity contribution in [1.82, 2.24) is 14.5 Å². The van der Waals surface area contributed by atoms with Crippen LogP contribution in [0.25, 0.3) is 0 Å². The molecule has 0 spiro atoms. The number of likely N-dealkylation sites (tertiary alicyclic amines) is 1. The number of carbonyl (C=O) groups excluding carboxylic acids is 1. The average Bonchev–Trinajstić information content (AvgIpc) is 3.28. The van der Waals surface area contributed by atoms with Crippen molar-refractivity contribution in [3.63, 3.8) is 0 Å². The van der Waals surface area contributed by atoms with Gasteiger partial charge in [-0.1, -0.05) is 12.8 Å². The molecule has 2 fully saturated rings. The van der Waals surface area contributed by atoms with Crippen LogP contribution in [0.3, 0.4) is 0 Å². The molecular weight excluding hydrogens is 318 g/mol. The SMILES string of the molecule is COCCC1(C(=O)N2CCCC(C(O)c3nccn3C)C2)CCCC1. The van der Waals surface area contributed by atoms with Gasteiger partial charge < -0.3 is 19.3 Å². The van der Waals surface area contributed by atoms with E-state index in [-0.39, 0.29) is 17.2 Å². The monoisotopic (exact) mass is 349 g/mol. The lowest BCUT2D eigenvalue weighted by atomic mass is 9.80. The largest absolute Gasteiger partial charge is 0.385 e. The van der Waals surface area contributed by atoms with Gasteiger partial charge >= 0.3 is 0 Å². The fraction of sp³-hybridized carbons (Fsp3) is 0.789. The molecule has 1 aliphatic heterocycles. The van der Waals surface area contributed by atoms with Crippen LogP contribution in [0.1, 0.15) is 56.9 Å². The predicted octanol–water partition coefficient (Wildman–Crippen LogP) is 2.29. The summed E-state index contributed by atoms with van der Waals surface area (Å²) in [5.74, 6) is 1.02. The van der Waals surface area contributed by atoms with Gasteiger partial charge in [0.25, 0.3) is 0 Å². The van der Waals surface area contributed by atoms with Crippen molar-refractivity contribution in [3.05, 3.63) is 18.2 Å². The number of hydrogen-bond donors (Lipinski definition) is 1. The fourth-order valence-corrected chi connectivity index (χ4v) is 4.58. The summed E-state index contributed by atoms with van der Waals surface area (Å²) >= 11 is 0. The Kier molecular flexibility index (Phi) is 5.79. The van der Waals surface area contributed by atoms with Gasteiger partial charge in [0.1, 0.15) is 11.9 Å². The molecular formula is C19H31N3O3. The van der Waals surface area contributed by atoms with Crippen molar-refractivity contribution in [2.24, 2.45) is 18.4 Å². The third-order valence-electron chi connectivity index (χ3n) is 6.11. The number of piperidine rings is 1. The van der Waals surface area contributed by atoms with Crippen molar-refractivity contribution in [2.75, 3.05) is 26.8 Å². The van der Waals surface area contributed by atoms with Crippen molar-refractivity contribution in [3.8, 4) is 0 Å². The molecule has 2 atom stereocenters. The Morgan fingerprint density at radius 3 is 2.84 bits per heavy atom. The zero-order chi connectivity index (χ0) is 17.9. The lowest BCUT2D eigenvalue weighted by Crippen LogP contribution is -2.48. The van der Waals surface area contributed by atoms with Crippen molar-refractivity contribution in [1.29, 1.82) is 0 Å². The van der Waals surface area contributed by atoms with E-state index < -0.39 is 6.10 Å². The summed E-state index contributed by atoms with van der Waals surface area (Å²) in [6, 6.07) is 0. The summed E-state index contributed by atoms with van der Waals surface area (Å²) in [5.41, 5.74) is -0.244. The minimum atomic E-state index is -0.617. The number of rotatable bonds is 6. The third-order valence-corrected chi connectivity index (χ3v) is 6.11. The van der Waals surface area contributed by atoms with Crippen LogP contribution in [0, 0.1) is 11.3 Å². The van der Waals surface area contributed by atoms with Crippen LogP contribution < -0.4 is 0 Å². The van der Waals surface area contributed by atoms with Gasteiger partial charge in [-0.3, -0.25) is 4.79 Å². The summed E-state index contributed by atoms with van der Waals surface area (Å²) in [7, 11) is 3.60. The van der Waals surface area contributed by atoms with Crippen molar-refractivity contribution < 1.29 is 14.6 Å². The number of ether oxygens (including phenoxy) is 1. The summed E-state index contributed by atoms with van der Waals surface area (Å²) < 4.78 is 7.13. The molecule has 1 aromatic rings. The van der Waals surface area contributed by atoms with Gasteiger partial charge in [0.05, 0.1) is 5.41 Å². The lowest BCUT2D eigenvalue weighted by molar-refractivity contribution is -0.146. The lowest BCUT2D eigenvalue weighted by Gasteiger charge is -2.40. The minimum absolute atomic E-state index is 0.0553. The highest BCUT2D eigenvalue weighted by atomic mass is 16.5. The summed E-state index contributed by atoms with van der Waals surface area (Å²) in [6.45, 7) is 2.07. The first-order valence-corrected chi connectivity index (χ1v) is 9.51. The van der Waals surface area contributed by atoms with E-state index in [9.17, 15) is 9.90 Å². The second-order valence-corrected chi connectivity index (χ2v) is 7.72. The van der Waals surface area contributed by atoms with Crippen LogP contribution in [0.4, 0.5) is 0 Å². The van der Waals surface area contributed by atoms with Crippen molar-refractivity contribution in [2.45, 2.75) is 51.0 Å². The summed E-state index contributed by atoms with van der Waals surface area (Å²) in [6.07, 6.45) is 9.83. The normalized spacial score (nSPS) is 24.4. The van der Waals surface area contributed by atoms with E-state index in [1.165, 1.54) is 0 Å². The number of nitrogens with zero attached hydrogens (tertiary/aromatic N) is 3. The smallest absolute Gasteiger partial charge is 0.228 e. The first-order valence-electron chi connectivity index (χ1n) is 9.51. The Balaban J connectivity index is 1.69. The maximum Gasteiger partial charge on any atom is 0.228 e. The Labute approximate surface area is 150 Å². The molecule has 0 bridgehead atoms. The van der Waals surface area contributed by atoms with E-state index in [4.69, 9.17) is 4.74 Å². The molecule has 0 aromatic carbocycles. The number of aryl methyl sites for hydroxylation is 1. The molecule has 3 rings (SSSR count). The Bertz CT molecular complexity index is 580. The molecule has 2 heterocycles. The molecule has 2 aliphatic rings. The maximum absolute atomic E-state index is 13.3. The third kappa shape index (κ3) is 3.75. The first kappa shape index (κ1) is 18.4. The first-order chi connectivity index (χ1) is 12.1. The number of hydrogen-bond acceptors (Lipinski definition) is 4. The molecule has 1 saturated heterocycles. The molecule has 1 saturated carbocycles. The molecule has 1 aliphatic carbocycles. The molecule has 25 heavy (non-hydrogen) atoms. The number of aromatic nitrogens is 2. The zero-order valence-electron chi connectivity index (χ0n) is 15.5. The van der Waals surface area contributed by atoms with Crippen LogP contribution in [0.2, 0.25) is 0 Å². The van der Waals surface area contributed by atoms with Crippen LogP contribution in [-0.2, 0) is 16.6 Å². The van der Waals surface area contributed by atoms with E-state index in [1.54, 1.807) is 13.3 Å². The maximum atomic E-state index is 13.3. The van der Waals surface area contributed by atoms with Gasteiger partial charge in [-0.2, -0.15) is 0 Å². The van der Waals surface area contributed by atoms with Gasteiger partial charge in [-0.15, -0.1) is 0 Å². The Hall–Kier alpha value is -1.40. The van der Waals surface area contributed by atoms with Gasteiger partial charge in [-0.25, -0.2) is 4.98 Å². The number of imidazole rings is 1. The second kappa shape index (κ2) is 7.87. The molecule has 140 valence electrons. The van der Waals surface area contributed by atoms with Crippen LogP contribution in [0.15, 0.2) is 12.4 Å². The predicted molar refractivity (Wildman–Crippen MR) is 94.9 cm³/mol. The van der Waals surface area contributed by atoms with Gasteiger partial charge in [-0.05, 0) is 32.1 Å². The van der Waals surface area contributed by atoms with Gasteiger partial charge in [0.15, 0.2) is 0 Å². The van der Waals surface area contributed by atoms with Crippen LogP contribution in [-0.4, -0.2) is 52.3 Å². The van der Waals surface area contributed by atoms with Gasteiger partial charge in [0.2, 0.25) is 5.91 Å².